The number of methoxy groups -OCH3 is 1. The van der Waals surface area contributed by atoms with Crippen LogP contribution in [0.5, 0.6) is 17.2 Å². The lowest BCUT2D eigenvalue weighted by molar-refractivity contribution is 0.229. The third-order valence-corrected chi connectivity index (χ3v) is 3.85. The zero-order valence-electron chi connectivity index (χ0n) is 16.5. The highest BCUT2D eigenvalue weighted by atomic mass is 16.5. The highest BCUT2D eigenvalue weighted by Gasteiger charge is 2.12. The lowest BCUT2D eigenvalue weighted by Crippen LogP contribution is -2.09. The highest BCUT2D eigenvalue weighted by Crippen LogP contribution is 2.34. The molecule has 0 aliphatic carbocycles. The fourth-order valence-electron chi connectivity index (χ4n) is 2.42. The van der Waals surface area contributed by atoms with Gasteiger partial charge in [-0.25, -0.2) is 0 Å². The molecule has 0 N–H and O–H groups in total. The van der Waals surface area contributed by atoms with Crippen LogP contribution in [0, 0.1) is 11.8 Å². The van der Waals surface area contributed by atoms with Crippen LogP contribution < -0.4 is 14.2 Å². The molecular formula is C23H30O3. The Morgan fingerprint density at radius 3 is 2.08 bits per heavy atom. The van der Waals surface area contributed by atoms with Crippen molar-refractivity contribution in [1.82, 2.24) is 0 Å². The quantitative estimate of drug-likeness (QED) is 0.567. The van der Waals surface area contributed by atoms with Crippen molar-refractivity contribution in [3.05, 3.63) is 60.2 Å². The average Bonchev–Trinajstić information content (AvgIpc) is 2.64. The summed E-state index contributed by atoms with van der Waals surface area (Å²) >= 11 is 0. The Morgan fingerprint density at radius 2 is 1.46 bits per heavy atom. The lowest BCUT2D eigenvalue weighted by atomic mass is 9.99. The van der Waals surface area contributed by atoms with Crippen LogP contribution in [0.4, 0.5) is 0 Å². The molecular weight excluding hydrogens is 324 g/mol. The van der Waals surface area contributed by atoms with Gasteiger partial charge in [0.25, 0.3) is 0 Å². The minimum atomic E-state index is 0.443. The van der Waals surface area contributed by atoms with Gasteiger partial charge in [-0.05, 0) is 52.8 Å². The molecule has 0 radical (unpaired) electrons. The zero-order chi connectivity index (χ0) is 19.1. The number of rotatable bonds is 9. The molecule has 140 valence electrons. The molecule has 3 nitrogen and oxygen atoms in total. The molecule has 0 spiro atoms. The van der Waals surface area contributed by atoms with Gasteiger partial charge in [0.15, 0.2) is 11.5 Å². The van der Waals surface area contributed by atoms with E-state index in [2.05, 4.69) is 34.3 Å². The smallest absolute Gasteiger partial charge is 0.161 e. The Labute approximate surface area is 157 Å². The molecule has 0 aromatic heterocycles. The van der Waals surface area contributed by atoms with E-state index in [1.165, 1.54) is 0 Å². The fraction of sp³-hybridized carbons (Fsp3) is 0.391. The van der Waals surface area contributed by atoms with Crippen molar-refractivity contribution >= 4 is 5.57 Å². The van der Waals surface area contributed by atoms with Crippen LogP contribution in [-0.2, 0) is 0 Å². The van der Waals surface area contributed by atoms with Crippen molar-refractivity contribution in [3.8, 4) is 17.2 Å². The molecule has 2 aromatic rings. The van der Waals surface area contributed by atoms with E-state index in [1.807, 2.05) is 42.5 Å². The molecule has 0 bridgehead atoms. The van der Waals surface area contributed by atoms with Gasteiger partial charge in [0.1, 0.15) is 5.75 Å². The molecule has 0 aliphatic rings. The first-order valence-corrected chi connectivity index (χ1v) is 9.14. The van der Waals surface area contributed by atoms with Crippen molar-refractivity contribution in [2.45, 2.75) is 27.7 Å². The summed E-state index contributed by atoms with van der Waals surface area (Å²) in [5.74, 6) is 3.26. The van der Waals surface area contributed by atoms with Crippen LogP contribution >= 0.6 is 0 Å². The second-order valence-electron chi connectivity index (χ2n) is 7.28. The predicted molar refractivity (Wildman–Crippen MR) is 108 cm³/mol. The third-order valence-electron chi connectivity index (χ3n) is 3.85. The van der Waals surface area contributed by atoms with Crippen LogP contribution in [0.3, 0.4) is 0 Å². The summed E-state index contributed by atoms with van der Waals surface area (Å²) in [6.45, 7) is 14.1. The normalized spacial score (nSPS) is 10.9. The average molecular weight is 354 g/mol. The molecule has 0 fully saturated rings. The van der Waals surface area contributed by atoms with Gasteiger partial charge in [-0.3, -0.25) is 0 Å². The summed E-state index contributed by atoms with van der Waals surface area (Å²) in [7, 11) is 1.67. The van der Waals surface area contributed by atoms with E-state index in [-0.39, 0.29) is 0 Å². The van der Waals surface area contributed by atoms with E-state index in [0.717, 1.165) is 33.9 Å². The van der Waals surface area contributed by atoms with Crippen LogP contribution in [0.1, 0.15) is 38.8 Å². The van der Waals surface area contributed by atoms with Crippen molar-refractivity contribution in [2.75, 3.05) is 20.3 Å². The van der Waals surface area contributed by atoms with Crippen molar-refractivity contribution in [1.29, 1.82) is 0 Å². The molecule has 2 aromatic carbocycles. The largest absolute Gasteiger partial charge is 0.497 e. The van der Waals surface area contributed by atoms with E-state index in [9.17, 15) is 0 Å². The van der Waals surface area contributed by atoms with Gasteiger partial charge in [-0.1, -0.05) is 52.5 Å². The maximum Gasteiger partial charge on any atom is 0.161 e. The van der Waals surface area contributed by atoms with E-state index >= 15 is 0 Å². The molecule has 0 saturated heterocycles. The van der Waals surface area contributed by atoms with Gasteiger partial charge in [-0.15, -0.1) is 0 Å². The topological polar surface area (TPSA) is 27.7 Å². The zero-order valence-corrected chi connectivity index (χ0v) is 16.5. The molecule has 0 amide bonds. The molecule has 0 heterocycles. The summed E-state index contributed by atoms with van der Waals surface area (Å²) in [5.41, 5.74) is 2.96. The number of hydrogen-bond acceptors (Lipinski definition) is 3. The second kappa shape index (κ2) is 9.33. The van der Waals surface area contributed by atoms with Crippen LogP contribution in [0.15, 0.2) is 49.0 Å². The van der Waals surface area contributed by atoms with Crippen LogP contribution in [-0.4, -0.2) is 20.3 Å². The van der Waals surface area contributed by atoms with Crippen molar-refractivity contribution < 1.29 is 14.2 Å². The monoisotopic (exact) mass is 354 g/mol. The number of benzene rings is 2. The van der Waals surface area contributed by atoms with E-state index in [0.29, 0.717) is 25.0 Å². The molecule has 2 rings (SSSR count). The molecule has 0 aliphatic heterocycles. The van der Waals surface area contributed by atoms with Gasteiger partial charge in [0.05, 0.1) is 20.3 Å². The molecule has 26 heavy (non-hydrogen) atoms. The minimum Gasteiger partial charge on any atom is -0.497 e. The fourth-order valence-corrected chi connectivity index (χ4v) is 2.42. The summed E-state index contributed by atoms with van der Waals surface area (Å²) < 4.78 is 17.3. The Hall–Kier alpha value is -2.42. The lowest BCUT2D eigenvalue weighted by Gasteiger charge is -2.17. The summed E-state index contributed by atoms with van der Waals surface area (Å²) in [6.07, 6.45) is 0. The maximum atomic E-state index is 6.01. The van der Waals surface area contributed by atoms with Gasteiger partial charge >= 0.3 is 0 Å². The third kappa shape index (κ3) is 5.55. The van der Waals surface area contributed by atoms with Gasteiger partial charge in [-0.2, -0.15) is 0 Å². The van der Waals surface area contributed by atoms with Gasteiger partial charge in [0.2, 0.25) is 0 Å². The predicted octanol–water partition coefficient (Wildman–Crippen LogP) is 5.83. The van der Waals surface area contributed by atoms with E-state index in [1.54, 1.807) is 7.11 Å². The molecule has 3 heteroatoms. The van der Waals surface area contributed by atoms with E-state index in [4.69, 9.17) is 14.2 Å². The summed E-state index contributed by atoms with van der Waals surface area (Å²) in [5, 5.41) is 0. The van der Waals surface area contributed by atoms with Crippen molar-refractivity contribution in [3.63, 3.8) is 0 Å². The van der Waals surface area contributed by atoms with Crippen LogP contribution in [0.25, 0.3) is 5.57 Å². The minimum absolute atomic E-state index is 0.443. The Morgan fingerprint density at radius 1 is 0.846 bits per heavy atom. The first-order chi connectivity index (χ1) is 12.4. The number of ether oxygens (including phenoxy) is 3. The Bertz CT molecular complexity index is 732. The standard InChI is InChI=1S/C23H30O3/c1-16(2)14-25-22-11-10-20(13-23(22)26-15-17(3)4)18(5)19-8-7-9-21(12-19)24-6/h7-13,16-17H,5,14-15H2,1-4,6H3. The maximum absolute atomic E-state index is 6.01. The Balaban J connectivity index is 2.29. The van der Waals surface area contributed by atoms with Gasteiger partial charge < -0.3 is 14.2 Å². The summed E-state index contributed by atoms with van der Waals surface area (Å²) in [6, 6.07) is 13.9. The number of hydrogen-bond donors (Lipinski definition) is 0. The first-order valence-electron chi connectivity index (χ1n) is 9.14. The van der Waals surface area contributed by atoms with Crippen molar-refractivity contribution in [2.24, 2.45) is 11.8 Å². The highest BCUT2D eigenvalue weighted by molar-refractivity contribution is 5.79. The molecule has 0 atom stereocenters. The SMILES string of the molecule is C=C(c1cccc(OC)c1)c1ccc(OCC(C)C)c(OCC(C)C)c1. The van der Waals surface area contributed by atoms with Gasteiger partial charge in [0, 0.05) is 0 Å². The van der Waals surface area contributed by atoms with E-state index < -0.39 is 0 Å². The Kier molecular flexibility index (Phi) is 7.14. The first kappa shape index (κ1) is 19.9. The molecule has 0 saturated carbocycles. The summed E-state index contributed by atoms with van der Waals surface area (Å²) in [4.78, 5) is 0. The molecule has 0 unspecified atom stereocenters. The second-order valence-corrected chi connectivity index (χ2v) is 7.28. The van der Waals surface area contributed by atoms with Crippen LogP contribution in [0.2, 0.25) is 0 Å².